The van der Waals surface area contributed by atoms with Crippen LogP contribution < -0.4 is 0 Å². The molecule has 1 N–H and O–H groups in total. The van der Waals surface area contributed by atoms with E-state index in [1.165, 1.54) is 6.07 Å². The van der Waals surface area contributed by atoms with Gasteiger partial charge in [-0.25, -0.2) is 4.39 Å². The summed E-state index contributed by atoms with van der Waals surface area (Å²) in [6.07, 6.45) is 0. The zero-order chi connectivity index (χ0) is 13.9. The van der Waals surface area contributed by atoms with Gasteiger partial charge in [0, 0.05) is 22.1 Å². The summed E-state index contributed by atoms with van der Waals surface area (Å²) in [5.74, 6) is -1.24. The Balaban J connectivity index is 3.01. The molecule has 0 spiro atoms. The van der Waals surface area contributed by atoms with Gasteiger partial charge in [-0.2, -0.15) is 0 Å². The molecule has 1 rings (SSSR count). The van der Waals surface area contributed by atoms with E-state index < -0.39 is 5.97 Å². The lowest BCUT2D eigenvalue weighted by Crippen LogP contribution is -2.38. The second-order valence-corrected chi connectivity index (χ2v) is 5.42. The number of halogens is 2. The van der Waals surface area contributed by atoms with Crippen LogP contribution in [0, 0.1) is 5.82 Å². The largest absolute Gasteiger partial charge is 0.480 e. The van der Waals surface area contributed by atoms with E-state index >= 15 is 0 Å². The van der Waals surface area contributed by atoms with Crippen molar-refractivity contribution in [2.75, 3.05) is 6.54 Å². The normalized spacial score (nSPS) is 13.1. The number of rotatable bonds is 5. The molecule has 18 heavy (non-hydrogen) atoms. The van der Waals surface area contributed by atoms with Crippen molar-refractivity contribution in [1.29, 1.82) is 0 Å². The van der Waals surface area contributed by atoms with Gasteiger partial charge in [-0.05, 0) is 32.9 Å². The van der Waals surface area contributed by atoms with Crippen LogP contribution in [0.25, 0.3) is 0 Å². The Kier molecular flexibility index (Phi) is 5.28. The molecule has 0 radical (unpaired) electrons. The average molecular weight is 318 g/mol. The minimum Gasteiger partial charge on any atom is -0.480 e. The van der Waals surface area contributed by atoms with Gasteiger partial charge in [0.05, 0.1) is 6.54 Å². The summed E-state index contributed by atoms with van der Waals surface area (Å²) in [6, 6.07) is 4.58. The van der Waals surface area contributed by atoms with Crippen LogP contribution >= 0.6 is 15.9 Å². The van der Waals surface area contributed by atoms with Crippen LogP contribution in [0.15, 0.2) is 22.7 Å². The molecule has 0 bridgehead atoms. The highest BCUT2D eigenvalue weighted by molar-refractivity contribution is 9.10. The molecule has 0 aromatic heterocycles. The number of aliphatic carboxylic acids is 1. The first kappa shape index (κ1) is 15.1. The maximum absolute atomic E-state index is 13.9. The summed E-state index contributed by atoms with van der Waals surface area (Å²) in [5, 5.41) is 8.90. The summed E-state index contributed by atoms with van der Waals surface area (Å²) in [4.78, 5) is 12.6. The molecule has 1 unspecified atom stereocenters. The minimum atomic E-state index is -0.909. The van der Waals surface area contributed by atoms with Crippen LogP contribution in [0.3, 0.4) is 0 Å². The van der Waals surface area contributed by atoms with E-state index in [1.807, 2.05) is 20.8 Å². The van der Waals surface area contributed by atoms with Crippen molar-refractivity contribution >= 4 is 21.9 Å². The monoisotopic (exact) mass is 317 g/mol. The molecular formula is C13H17BrFNO2. The summed E-state index contributed by atoms with van der Waals surface area (Å²) in [6.45, 7) is 5.51. The average Bonchev–Trinajstić information content (AvgIpc) is 2.24. The highest BCUT2D eigenvalue weighted by Crippen LogP contribution is 2.26. The number of hydrogen-bond donors (Lipinski definition) is 1. The minimum absolute atomic E-state index is 0.0270. The molecule has 100 valence electrons. The summed E-state index contributed by atoms with van der Waals surface area (Å²) in [7, 11) is 0. The van der Waals surface area contributed by atoms with Crippen molar-refractivity contribution in [1.82, 2.24) is 4.90 Å². The van der Waals surface area contributed by atoms with Crippen molar-refractivity contribution in [3.8, 4) is 0 Å². The van der Waals surface area contributed by atoms with Crippen LogP contribution in [0.4, 0.5) is 4.39 Å². The van der Waals surface area contributed by atoms with Gasteiger partial charge in [-0.1, -0.05) is 22.0 Å². The van der Waals surface area contributed by atoms with E-state index in [2.05, 4.69) is 15.9 Å². The van der Waals surface area contributed by atoms with Gasteiger partial charge >= 0.3 is 5.97 Å². The maximum atomic E-state index is 13.9. The van der Waals surface area contributed by atoms with Crippen LogP contribution in [0.2, 0.25) is 0 Å². The van der Waals surface area contributed by atoms with Crippen molar-refractivity contribution < 1.29 is 14.3 Å². The standard InChI is InChI=1S/C13H17BrFNO2/c1-8(2)16(7-13(17)18)9(3)11-5-4-10(14)6-12(11)15/h4-6,8-9H,7H2,1-3H3,(H,17,18). The molecule has 1 atom stereocenters. The Morgan fingerprint density at radius 2 is 2.06 bits per heavy atom. The molecule has 0 aliphatic rings. The van der Waals surface area contributed by atoms with Gasteiger partial charge in [0.15, 0.2) is 0 Å². The number of nitrogens with zero attached hydrogens (tertiary/aromatic N) is 1. The van der Waals surface area contributed by atoms with E-state index in [4.69, 9.17) is 5.11 Å². The van der Waals surface area contributed by atoms with Crippen LogP contribution in [0.5, 0.6) is 0 Å². The lowest BCUT2D eigenvalue weighted by atomic mass is 10.0. The smallest absolute Gasteiger partial charge is 0.317 e. The Morgan fingerprint density at radius 3 is 2.50 bits per heavy atom. The molecule has 0 saturated carbocycles. The van der Waals surface area contributed by atoms with E-state index in [9.17, 15) is 9.18 Å². The number of carbonyl (C=O) groups is 1. The van der Waals surface area contributed by atoms with Crippen LogP contribution in [-0.2, 0) is 4.79 Å². The van der Waals surface area contributed by atoms with E-state index in [0.717, 1.165) is 0 Å². The Morgan fingerprint density at radius 1 is 1.44 bits per heavy atom. The van der Waals surface area contributed by atoms with Crippen LogP contribution in [-0.4, -0.2) is 28.6 Å². The zero-order valence-electron chi connectivity index (χ0n) is 10.7. The topological polar surface area (TPSA) is 40.5 Å². The third-order valence-electron chi connectivity index (χ3n) is 2.89. The SMILES string of the molecule is CC(C)N(CC(=O)O)C(C)c1ccc(Br)cc1F. The first-order valence-electron chi connectivity index (χ1n) is 5.75. The lowest BCUT2D eigenvalue weighted by Gasteiger charge is -2.31. The zero-order valence-corrected chi connectivity index (χ0v) is 12.2. The molecule has 1 aromatic carbocycles. The quantitative estimate of drug-likeness (QED) is 0.904. The van der Waals surface area contributed by atoms with Crippen molar-refractivity contribution in [3.05, 3.63) is 34.1 Å². The van der Waals surface area contributed by atoms with Gasteiger partial charge in [-0.15, -0.1) is 0 Å². The Bertz CT molecular complexity index is 437. The number of carboxylic acid groups (broad SMARTS) is 1. The van der Waals surface area contributed by atoms with Gasteiger partial charge in [0.2, 0.25) is 0 Å². The summed E-state index contributed by atoms with van der Waals surface area (Å²) >= 11 is 3.20. The van der Waals surface area contributed by atoms with Crippen molar-refractivity contribution in [2.45, 2.75) is 32.9 Å². The molecule has 0 saturated heterocycles. The van der Waals surface area contributed by atoms with E-state index in [-0.39, 0.29) is 24.4 Å². The number of hydrogen-bond acceptors (Lipinski definition) is 2. The fourth-order valence-electron chi connectivity index (χ4n) is 1.94. The van der Waals surface area contributed by atoms with Gasteiger partial charge in [0.1, 0.15) is 5.82 Å². The Hall–Kier alpha value is -0.940. The van der Waals surface area contributed by atoms with Crippen molar-refractivity contribution in [3.63, 3.8) is 0 Å². The summed E-state index contributed by atoms with van der Waals surface area (Å²) in [5.41, 5.74) is 0.508. The molecule has 0 aliphatic carbocycles. The molecule has 0 amide bonds. The molecule has 1 aromatic rings. The predicted molar refractivity (Wildman–Crippen MR) is 72.0 cm³/mol. The third-order valence-corrected chi connectivity index (χ3v) is 3.38. The van der Waals surface area contributed by atoms with E-state index in [0.29, 0.717) is 10.0 Å². The second-order valence-electron chi connectivity index (χ2n) is 4.50. The highest BCUT2D eigenvalue weighted by atomic mass is 79.9. The lowest BCUT2D eigenvalue weighted by molar-refractivity contribution is -0.139. The summed E-state index contributed by atoms with van der Waals surface area (Å²) < 4.78 is 14.5. The number of benzene rings is 1. The Labute approximate surface area is 115 Å². The predicted octanol–water partition coefficient (Wildman–Crippen LogP) is 3.44. The van der Waals surface area contributed by atoms with Gasteiger partial charge in [0.25, 0.3) is 0 Å². The fraction of sp³-hybridized carbons (Fsp3) is 0.462. The van der Waals surface area contributed by atoms with E-state index in [1.54, 1.807) is 17.0 Å². The highest BCUT2D eigenvalue weighted by Gasteiger charge is 2.23. The molecule has 3 nitrogen and oxygen atoms in total. The van der Waals surface area contributed by atoms with Gasteiger partial charge in [-0.3, -0.25) is 9.69 Å². The molecule has 0 fully saturated rings. The molecule has 5 heteroatoms. The van der Waals surface area contributed by atoms with Crippen molar-refractivity contribution in [2.24, 2.45) is 0 Å². The third kappa shape index (κ3) is 3.78. The maximum Gasteiger partial charge on any atom is 0.317 e. The van der Waals surface area contributed by atoms with Gasteiger partial charge < -0.3 is 5.11 Å². The molecular weight excluding hydrogens is 301 g/mol. The van der Waals surface area contributed by atoms with Crippen LogP contribution in [0.1, 0.15) is 32.4 Å². The fourth-order valence-corrected chi connectivity index (χ4v) is 2.28. The second kappa shape index (κ2) is 6.29. The first-order valence-corrected chi connectivity index (χ1v) is 6.54. The number of carboxylic acids is 1. The first-order chi connectivity index (χ1) is 8.32. The molecule has 0 heterocycles. The molecule has 0 aliphatic heterocycles.